The predicted octanol–water partition coefficient (Wildman–Crippen LogP) is 2.73. The van der Waals surface area contributed by atoms with Gasteiger partial charge in [0.05, 0.1) is 42.9 Å². The largest absolute Gasteiger partial charge is 0.376 e. The van der Waals surface area contributed by atoms with Crippen molar-refractivity contribution in [2.45, 2.75) is 74.8 Å². The van der Waals surface area contributed by atoms with Gasteiger partial charge in [-0.05, 0) is 61.2 Å². The Morgan fingerprint density at radius 2 is 2.00 bits per heavy atom. The SMILES string of the molecule is O=C(N[C@H](c1cn2ncc(CC3CC4(COC4)NC3=O)cc2n1)C1CCC(F)(F)CC1)c1nonc1C1CC1. The fourth-order valence-electron chi connectivity index (χ4n) is 6.18. The van der Waals surface area contributed by atoms with Crippen LogP contribution in [0.25, 0.3) is 5.65 Å². The lowest BCUT2D eigenvalue weighted by molar-refractivity contribution is -0.125. The summed E-state index contributed by atoms with van der Waals surface area (Å²) in [6.45, 7) is 1.09. The third-order valence-corrected chi connectivity index (χ3v) is 8.56. The van der Waals surface area contributed by atoms with E-state index in [1.54, 1.807) is 16.9 Å². The second kappa shape index (κ2) is 9.04. The molecule has 11 nitrogen and oxygen atoms in total. The van der Waals surface area contributed by atoms with Gasteiger partial charge in [0.2, 0.25) is 11.8 Å². The molecule has 1 spiro atoms. The Hall–Kier alpha value is -3.48. The first-order chi connectivity index (χ1) is 18.8. The van der Waals surface area contributed by atoms with Crippen LogP contribution in [0.5, 0.6) is 0 Å². The fraction of sp³-hybridized carbons (Fsp3) is 0.615. The minimum absolute atomic E-state index is 0.0204. The molecular formula is C26H29F2N7O4. The first kappa shape index (κ1) is 24.6. The zero-order chi connectivity index (χ0) is 26.8. The molecule has 4 aliphatic rings. The van der Waals surface area contributed by atoms with E-state index in [1.165, 1.54) is 0 Å². The number of nitrogens with one attached hydrogen (secondary N) is 2. The van der Waals surface area contributed by atoms with Crippen LogP contribution >= 0.6 is 0 Å². The molecule has 0 radical (unpaired) electrons. The monoisotopic (exact) mass is 541 g/mol. The number of nitrogens with zero attached hydrogens (tertiary/aromatic N) is 5. The Morgan fingerprint density at radius 1 is 1.21 bits per heavy atom. The molecular weight excluding hydrogens is 512 g/mol. The van der Waals surface area contributed by atoms with Crippen molar-refractivity contribution in [1.82, 2.24) is 35.5 Å². The summed E-state index contributed by atoms with van der Waals surface area (Å²) in [5.74, 6) is -3.37. The summed E-state index contributed by atoms with van der Waals surface area (Å²) in [5.41, 5.74) is 2.41. The fourth-order valence-corrected chi connectivity index (χ4v) is 6.18. The summed E-state index contributed by atoms with van der Waals surface area (Å²) in [6, 6.07) is 1.27. The molecule has 2 N–H and O–H groups in total. The molecule has 1 unspecified atom stereocenters. The Balaban J connectivity index is 1.14. The van der Waals surface area contributed by atoms with E-state index in [0.717, 1.165) is 24.8 Å². The maximum Gasteiger partial charge on any atom is 0.276 e. The smallest absolute Gasteiger partial charge is 0.276 e. The number of alkyl halides is 2. The van der Waals surface area contributed by atoms with Gasteiger partial charge in [-0.1, -0.05) is 5.16 Å². The summed E-state index contributed by atoms with van der Waals surface area (Å²) in [4.78, 5) is 30.5. The number of rotatable bonds is 7. The van der Waals surface area contributed by atoms with Crippen molar-refractivity contribution in [3.05, 3.63) is 41.1 Å². The third-order valence-electron chi connectivity index (χ3n) is 8.56. The van der Waals surface area contributed by atoms with Crippen LogP contribution in [-0.2, 0) is 16.0 Å². The van der Waals surface area contributed by atoms with Crippen LogP contribution in [0.2, 0.25) is 0 Å². The number of amides is 2. The van der Waals surface area contributed by atoms with Crippen LogP contribution in [0.15, 0.2) is 23.1 Å². The van der Waals surface area contributed by atoms with Crippen molar-refractivity contribution in [2.24, 2.45) is 11.8 Å². The Morgan fingerprint density at radius 3 is 2.69 bits per heavy atom. The first-order valence-electron chi connectivity index (χ1n) is 13.5. The number of ether oxygens (including phenoxy) is 1. The topological polar surface area (TPSA) is 137 Å². The molecule has 7 rings (SSSR count). The number of carbonyl (C=O) groups is 2. The number of carbonyl (C=O) groups excluding carboxylic acids is 2. The number of aromatic nitrogens is 5. The van der Waals surface area contributed by atoms with Gasteiger partial charge in [-0.25, -0.2) is 22.9 Å². The highest BCUT2D eigenvalue weighted by molar-refractivity contribution is 5.93. The molecule has 206 valence electrons. The predicted molar refractivity (Wildman–Crippen MR) is 130 cm³/mol. The van der Waals surface area contributed by atoms with Crippen LogP contribution in [0.4, 0.5) is 8.78 Å². The minimum atomic E-state index is -2.70. The summed E-state index contributed by atoms with van der Waals surface area (Å²) in [5, 5.41) is 18.3. The van der Waals surface area contributed by atoms with Gasteiger partial charge < -0.3 is 15.4 Å². The number of hydrogen-bond donors (Lipinski definition) is 2. The third kappa shape index (κ3) is 4.66. The maximum absolute atomic E-state index is 14.0. The molecule has 2 aliphatic carbocycles. The Kier molecular flexibility index (Phi) is 5.69. The molecule has 5 heterocycles. The van der Waals surface area contributed by atoms with E-state index in [1.807, 2.05) is 6.07 Å². The number of imidazole rings is 1. The number of fused-ring (bicyclic) bond motifs is 1. The summed E-state index contributed by atoms with van der Waals surface area (Å²) in [6.07, 6.45) is 6.55. The van der Waals surface area contributed by atoms with Crippen molar-refractivity contribution in [2.75, 3.05) is 13.2 Å². The van der Waals surface area contributed by atoms with Gasteiger partial charge in [0, 0.05) is 24.7 Å². The molecule has 2 saturated heterocycles. The molecule has 2 atom stereocenters. The minimum Gasteiger partial charge on any atom is -0.376 e. The Bertz CT molecular complexity index is 1420. The van der Waals surface area contributed by atoms with E-state index < -0.39 is 17.9 Å². The van der Waals surface area contributed by atoms with Gasteiger partial charge in [-0.15, -0.1) is 0 Å². The molecule has 4 fully saturated rings. The second-order valence-electron chi connectivity index (χ2n) is 11.6. The van der Waals surface area contributed by atoms with Crippen LogP contribution < -0.4 is 10.6 Å². The van der Waals surface area contributed by atoms with Crippen molar-refractivity contribution < 1.29 is 27.7 Å². The molecule has 3 aromatic heterocycles. The average molecular weight is 542 g/mol. The van der Waals surface area contributed by atoms with E-state index in [0.29, 0.717) is 36.7 Å². The van der Waals surface area contributed by atoms with Crippen molar-refractivity contribution in [3.63, 3.8) is 0 Å². The number of hydrogen-bond acceptors (Lipinski definition) is 8. The van der Waals surface area contributed by atoms with E-state index in [2.05, 4.69) is 26.0 Å². The van der Waals surface area contributed by atoms with E-state index in [4.69, 9.17) is 14.3 Å². The molecule has 39 heavy (non-hydrogen) atoms. The molecule has 2 saturated carbocycles. The van der Waals surface area contributed by atoms with E-state index in [-0.39, 0.29) is 60.6 Å². The van der Waals surface area contributed by atoms with E-state index >= 15 is 0 Å². The van der Waals surface area contributed by atoms with E-state index in [9.17, 15) is 18.4 Å². The van der Waals surface area contributed by atoms with Crippen LogP contribution in [0.3, 0.4) is 0 Å². The summed E-state index contributed by atoms with van der Waals surface area (Å²) >= 11 is 0. The molecule has 0 aromatic carbocycles. The molecule has 2 amide bonds. The van der Waals surface area contributed by atoms with Gasteiger partial charge in [0.25, 0.3) is 5.91 Å². The molecule has 2 aliphatic heterocycles. The normalized spacial score (nSPS) is 25.0. The zero-order valence-electron chi connectivity index (χ0n) is 21.2. The highest BCUT2D eigenvalue weighted by Crippen LogP contribution is 2.43. The highest BCUT2D eigenvalue weighted by Gasteiger charge is 2.49. The molecule has 0 bridgehead atoms. The van der Waals surface area contributed by atoms with Gasteiger partial charge in [-0.3, -0.25) is 9.59 Å². The van der Waals surface area contributed by atoms with Gasteiger partial charge in [0.15, 0.2) is 11.3 Å². The lowest BCUT2D eigenvalue weighted by atomic mass is 9.81. The van der Waals surface area contributed by atoms with Gasteiger partial charge >= 0.3 is 0 Å². The standard InChI is InChI=1S/C26H29F2N7O4/c27-26(28)5-3-16(4-6-26)20(31-24(37)22-21(15-1-2-15)33-39-34-22)18-11-35-19(30-18)8-14(10-29-35)7-17-9-25(12-38-13-25)32-23(17)36/h8,10-11,15-17,20H,1-7,9,12-13H2,(H,31,37)(H,32,36)/t17?,20-/m0/s1. The van der Waals surface area contributed by atoms with Crippen molar-refractivity contribution >= 4 is 17.5 Å². The summed E-state index contributed by atoms with van der Waals surface area (Å²) < 4.78 is 39.7. The quantitative estimate of drug-likeness (QED) is 0.466. The average Bonchev–Trinajstić information content (AvgIpc) is 3.30. The molecule has 13 heteroatoms. The first-order valence-corrected chi connectivity index (χ1v) is 13.5. The zero-order valence-corrected chi connectivity index (χ0v) is 21.2. The van der Waals surface area contributed by atoms with Crippen molar-refractivity contribution in [1.29, 1.82) is 0 Å². The maximum atomic E-state index is 14.0. The second-order valence-corrected chi connectivity index (χ2v) is 11.6. The van der Waals surface area contributed by atoms with Gasteiger partial charge in [-0.2, -0.15) is 5.10 Å². The highest BCUT2D eigenvalue weighted by atomic mass is 19.3. The van der Waals surface area contributed by atoms with Crippen LogP contribution in [0.1, 0.15) is 84.3 Å². The Labute approximate surface area is 222 Å². The number of halogens is 2. The summed E-state index contributed by atoms with van der Waals surface area (Å²) in [7, 11) is 0. The lowest BCUT2D eigenvalue weighted by Gasteiger charge is -2.37. The van der Waals surface area contributed by atoms with Crippen LogP contribution in [0, 0.1) is 11.8 Å². The van der Waals surface area contributed by atoms with Gasteiger partial charge in [0.1, 0.15) is 5.69 Å². The van der Waals surface area contributed by atoms with Crippen LogP contribution in [-0.4, -0.2) is 61.4 Å². The van der Waals surface area contributed by atoms with Crippen molar-refractivity contribution in [3.8, 4) is 0 Å². The molecule has 3 aromatic rings. The lowest BCUT2D eigenvalue weighted by Crippen LogP contribution is -2.57.